The highest BCUT2D eigenvalue weighted by Gasteiger charge is 2.19. The van der Waals surface area contributed by atoms with Crippen LogP contribution in [0.5, 0.6) is 0 Å². The van der Waals surface area contributed by atoms with E-state index in [4.69, 9.17) is 21.8 Å². The van der Waals surface area contributed by atoms with E-state index in [0.717, 1.165) is 12.0 Å². The summed E-state index contributed by atoms with van der Waals surface area (Å²) in [7, 11) is 0. The van der Waals surface area contributed by atoms with Crippen LogP contribution in [0.15, 0.2) is 24.3 Å². The molecule has 1 rings (SSSR count). The van der Waals surface area contributed by atoms with Crippen LogP contribution in [-0.2, 0) is 16.1 Å². The van der Waals surface area contributed by atoms with Gasteiger partial charge in [-0.2, -0.15) is 0 Å². The largest absolute Gasteiger partial charge is 0.480 e. The number of aliphatic carboxylic acids is 2. The van der Waals surface area contributed by atoms with Crippen molar-refractivity contribution in [2.75, 3.05) is 13.1 Å². The fourth-order valence-corrected chi connectivity index (χ4v) is 2.31. The first kappa shape index (κ1) is 20.7. The van der Waals surface area contributed by atoms with Crippen molar-refractivity contribution >= 4 is 29.6 Å². The van der Waals surface area contributed by atoms with E-state index in [1.165, 1.54) is 0 Å². The van der Waals surface area contributed by atoms with Crippen molar-refractivity contribution in [3.63, 3.8) is 0 Å². The van der Waals surface area contributed by atoms with Gasteiger partial charge in [-0.25, -0.2) is 9.59 Å². The first-order valence-corrected chi connectivity index (χ1v) is 8.20. The minimum Gasteiger partial charge on any atom is -0.480 e. The molecule has 0 heterocycles. The summed E-state index contributed by atoms with van der Waals surface area (Å²) in [6.45, 7) is 0.800. The highest BCUT2D eigenvalue weighted by molar-refractivity contribution is 6.30. The molecule has 1 atom stereocenters. The van der Waals surface area contributed by atoms with Gasteiger partial charge in [0, 0.05) is 11.6 Å². The lowest BCUT2D eigenvalue weighted by Crippen LogP contribution is -2.47. The zero-order valence-corrected chi connectivity index (χ0v) is 14.4. The minimum absolute atomic E-state index is 0.259. The van der Waals surface area contributed by atoms with E-state index in [9.17, 15) is 14.4 Å². The predicted octanol–water partition coefficient (Wildman–Crippen LogP) is 1.44. The molecule has 5 N–H and O–H groups in total. The molecule has 0 saturated carbocycles. The van der Waals surface area contributed by atoms with Gasteiger partial charge in [0.15, 0.2) is 0 Å². The molecule has 8 nitrogen and oxygen atoms in total. The zero-order valence-electron chi connectivity index (χ0n) is 13.6. The number of carbonyl (C=O) groups excluding carboxylic acids is 1. The maximum absolute atomic E-state index is 11.4. The van der Waals surface area contributed by atoms with Gasteiger partial charge >= 0.3 is 18.0 Å². The molecule has 0 bridgehead atoms. The molecule has 1 unspecified atom stereocenters. The topological polar surface area (TPSA) is 128 Å². The summed E-state index contributed by atoms with van der Waals surface area (Å²) in [5, 5.41) is 25.8. The van der Waals surface area contributed by atoms with E-state index in [1.54, 1.807) is 6.07 Å². The highest BCUT2D eigenvalue weighted by Crippen LogP contribution is 2.10. The molecular weight excluding hydrogens is 350 g/mol. The molecule has 0 aromatic heterocycles. The van der Waals surface area contributed by atoms with E-state index in [0.29, 0.717) is 24.5 Å². The van der Waals surface area contributed by atoms with Crippen LogP contribution in [0.1, 0.15) is 24.8 Å². The Balaban J connectivity index is 2.21. The highest BCUT2D eigenvalue weighted by atomic mass is 35.5. The number of rotatable bonds is 11. The second kappa shape index (κ2) is 11.3. The van der Waals surface area contributed by atoms with Gasteiger partial charge in [0.2, 0.25) is 0 Å². The fourth-order valence-electron chi connectivity index (χ4n) is 2.10. The van der Waals surface area contributed by atoms with Crippen molar-refractivity contribution in [2.24, 2.45) is 0 Å². The molecule has 0 aliphatic rings. The normalized spacial score (nSPS) is 11.6. The Morgan fingerprint density at radius 3 is 2.56 bits per heavy atom. The Labute approximate surface area is 150 Å². The number of nitrogens with one attached hydrogen (secondary N) is 3. The molecule has 2 amide bonds. The van der Waals surface area contributed by atoms with Crippen molar-refractivity contribution in [3.05, 3.63) is 34.9 Å². The molecular formula is C16H22ClN3O5. The zero-order chi connectivity index (χ0) is 18.7. The number of amides is 2. The number of carboxylic acid groups (broad SMARTS) is 2. The summed E-state index contributed by atoms with van der Waals surface area (Å²) in [6.07, 6.45) is 1.59. The Kier molecular flexibility index (Phi) is 9.34. The number of hydrogen-bond donors (Lipinski definition) is 5. The number of halogens is 1. The molecule has 0 spiro atoms. The number of carboxylic acids is 2. The number of hydrogen-bond acceptors (Lipinski definition) is 4. The molecule has 0 fully saturated rings. The third-order valence-corrected chi connectivity index (χ3v) is 3.55. The van der Waals surface area contributed by atoms with Gasteiger partial charge in [0.1, 0.15) is 12.6 Å². The maximum Gasteiger partial charge on any atom is 0.326 e. The maximum atomic E-state index is 11.4. The molecule has 138 valence electrons. The summed E-state index contributed by atoms with van der Waals surface area (Å²) < 4.78 is 0. The van der Waals surface area contributed by atoms with Crippen molar-refractivity contribution < 1.29 is 24.6 Å². The second-order valence-corrected chi connectivity index (χ2v) is 5.85. The molecule has 9 heteroatoms. The van der Waals surface area contributed by atoms with Crippen LogP contribution < -0.4 is 16.0 Å². The lowest BCUT2D eigenvalue weighted by atomic mass is 10.1. The van der Waals surface area contributed by atoms with Crippen LogP contribution in [0.4, 0.5) is 4.79 Å². The van der Waals surface area contributed by atoms with Crippen LogP contribution in [0.25, 0.3) is 0 Å². The van der Waals surface area contributed by atoms with Gasteiger partial charge < -0.3 is 26.2 Å². The van der Waals surface area contributed by atoms with Crippen molar-refractivity contribution in [1.82, 2.24) is 16.0 Å². The molecule has 1 aromatic rings. The number of benzene rings is 1. The fraction of sp³-hybridized carbons (Fsp3) is 0.438. The minimum atomic E-state index is -1.20. The van der Waals surface area contributed by atoms with E-state index in [1.807, 2.05) is 18.2 Å². The molecule has 25 heavy (non-hydrogen) atoms. The average Bonchev–Trinajstić information content (AvgIpc) is 2.54. The Morgan fingerprint density at radius 2 is 1.92 bits per heavy atom. The van der Waals surface area contributed by atoms with Crippen LogP contribution in [0.3, 0.4) is 0 Å². The first-order valence-electron chi connectivity index (χ1n) is 7.82. The summed E-state index contributed by atoms with van der Waals surface area (Å²) >= 11 is 5.90. The van der Waals surface area contributed by atoms with Crippen molar-refractivity contribution in [3.8, 4) is 0 Å². The van der Waals surface area contributed by atoms with Gasteiger partial charge in [-0.05, 0) is 43.5 Å². The van der Waals surface area contributed by atoms with Gasteiger partial charge in [-0.1, -0.05) is 23.7 Å². The molecule has 1 aromatic carbocycles. The Morgan fingerprint density at radius 1 is 1.16 bits per heavy atom. The lowest BCUT2D eigenvalue weighted by molar-refractivity contribution is -0.139. The third-order valence-electron chi connectivity index (χ3n) is 3.32. The van der Waals surface area contributed by atoms with Gasteiger partial charge in [-0.15, -0.1) is 0 Å². The standard InChI is InChI=1S/C16H22ClN3O5/c17-12-5-3-4-11(8-12)9-18-7-2-1-6-13(15(23)24)20-16(25)19-10-14(21)22/h3-5,8,13,18H,1-2,6-7,9-10H2,(H,21,22)(H,23,24)(H2,19,20,25). The van der Waals surface area contributed by atoms with Crippen LogP contribution in [0.2, 0.25) is 5.02 Å². The Bertz CT molecular complexity index is 597. The third kappa shape index (κ3) is 9.53. The average molecular weight is 372 g/mol. The van der Waals surface area contributed by atoms with Crippen LogP contribution in [-0.4, -0.2) is 47.3 Å². The number of carbonyl (C=O) groups is 3. The van der Waals surface area contributed by atoms with Gasteiger partial charge in [-0.3, -0.25) is 4.79 Å². The van der Waals surface area contributed by atoms with Crippen LogP contribution >= 0.6 is 11.6 Å². The van der Waals surface area contributed by atoms with Crippen molar-refractivity contribution in [1.29, 1.82) is 0 Å². The van der Waals surface area contributed by atoms with E-state index >= 15 is 0 Å². The number of urea groups is 1. The summed E-state index contributed by atoms with van der Waals surface area (Å²) in [5.41, 5.74) is 1.06. The van der Waals surface area contributed by atoms with E-state index < -0.39 is 30.6 Å². The first-order chi connectivity index (χ1) is 11.9. The quantitative estimate of drug-likeness (QED) is 0.374. The SMILES string of the molecule is O=C(O)CNC(=O)NC(CCCCNCc1cccc(Cl)c1)C(=O)O. The molecule has 0 aliphatic carbocycles. The second-order valence-electron chi connectivity index (χ2n) is 5.41. The van der Waals surface area contributed by atoms with E-state index in [2.05, 4.69) is 16.0 Å². The molecule has 0 aliphatic heterocycles. The predicted molar refractivity (Wildman–Crippen MR) is 92.6 cm³/mol. The van der Waals surface area contributed by atoms with Crippen LogP contribution in [0, 0.1) is 0 Å². The monoisotopic (exact) mass is 371 g/mol. The van der Waals surface area contributed by atoms with Gasteiger partial charge in [0.25, 0.3) is 0 Å². The lowest BCUT2D eigenvalue weighted by Gasteiger charge is -2.14. The summed E-state index contributed by atoms with van der Waals surface area (Å²) in [5.74, 6) is -2.36. The summed E-state index contributed by atoms with van der Waals surface area (Å²) in [6, 6.07) is 5.64. The summed E-state index contributed by atoms with van der Waals surface area (Å²) in [4.78, 5) is 32.9. The smallest absolute Gasteiger partial charge is 0.326 e. The van der Waals surface area contributed by atoms with Gasteiger partial charge in [0.05, 0.1) is 0 Å². The van der Waals surface area contributed by atoms with Crippen molar-refractivity contribution in [2.45, 2.75) is 31.8 Å². The Hall–Kier alpha value is -2.32. The number of unbranched alkanes of at least 4 members (excludes halogenated alkanes) is 1. The molecule has 0 saturated heterocycles. The van der Waals surface area contributed by atoms with E-state index in [-0.39, 0.29) is 6.42 Å². The molecule has 0 radical (unpaired) electrons.